The molecule has 0 atom stereocenters. The third-order valence-electron chi connectivity index (χ3n) is 4.47. The van der Waals surface area contributed by atoms with Gasteiger partial charge < -0.3 is 19.7 Å². The highest BCUT2D eigenvalue weighted by Crippen LogP contribution is 2.43. The van der Waals surface area contributed by atoms with Gasteiger partial charge in [-0.3, -0.25) is 14.1 Å². The lowest BCUT2D eigenvalue weighted by molar-refractivity contribution is 0.0651. The smallest absolute Gasteiger partial charge is 0.336 e. The van der Waals surface area contributed by atoms with E-state index in [1.54, 1.807) is 0 Å². The van der Waals surface area contributed by atoms with E-state index in [-0.39, 0.29) is 5.75 Å². The third kappa shape index (κ3) is 2.98. The summed E-state index contributed by atoms with van der Waals surface area (Å²) in [5, 5.41) is 18.6. The maximum absolute atomic E-state index is 13.1. The van der Waals surface area contributed by atoms with Crippen LogP contribution < -0.4 is 9.47 Å². The second-order valence-electron chi connectivity index (χ2n) is 6.05. The molecule has 156 valence electrons. The average Bonchev–Trinajstić information content (AvgIpc) is 2.68. The quantitative estimate of drug-likeness (QED) is 0.487. The molecule has 0 saturated heterocycles. The van der Waals surface area contributed by atoms with E-state index >= 15 is 0 Å². The topological polar surface area (TPSA) is 182 Å². The van der Waals surface area contributed by atoms with Crippen molar-refractivity contribution in [3.8, 4) is 11.5 Å². The minimum Gasteiger partial charge on any atom is -0.496 e. The van der Waals surface area contributed by atoms with E-state index in [0.29, 0.717) is 0 Å². The largest absolute Gasteiger partial charge is 0.496 e. The molecule has 0 radical (unpaired) electrons. The van der Waals surface area contributed by atoms with Crippen molar-refractivity contribution in [1.82, 2.24) is 0 Å². The standard InChI is InChI=1S/C18H12O11S/c1-28-10-5-11(30(25,26)27)16(29-2)13-12(10)14(19)6-3-8(17(21)22)9(18(23)24)4-7(6)15(13)20/h3-5H,1-2H3,(H,21,22)(H,23,24)(H,25,26,27). The SMILES string of the molecule is COc1cc(S(=O)(=O)O)c(OC)c2c1C(=O)c1cc(C(=O)O)c(C(=O)O)cc1C2=O. The summed E-state index contributed by atoms with van der Waals surface area (Å²) in [6, 6.07) is 2.26. The molecule has 1 aliphatic carbocycles. The van der Waals surface area contributed by atoms with Crippen molar-refractivity contribution >= 4 is 33.6 Å². The van der Waals surface area contributed by atoms with Crippen molar-refractivity contribution in [2.45, 2.75) is 4.90 Å². The normalized spacial score (nSPS) is 12.8. The Morgan fingerprint density at radius 1 is 0.833 bits per heavy atom. The summed E-state index contributed by atoms with van der Waals surface area (Å²) in [5.74, 6) is -6.25. The lowest BCUT2D eigenvalue weighted by atomic mass is 9.81. The number of hydrogen-bond acceptors (Lipinski definition) is 8. The molecule has 12 heteroatoms. The summed E-state index contributed by atoms with van der Waals surface area (Å²) in [5.41, 5.74) is -3.33. The Hall–Kier alpha value is -3.77. The Labute approximate surface area is 168 Å². The molecule has 3 rings (SSSR count). The summed E-state index contributed by atoms with van der Waals surface area (Å²) < 4.78 is 42.9. The first-order valence-electron chi connectivity index (χ1n) is 7.94. The van der Waals surface area contributed by atoms with Crippen LogP contribution in [-0.2, 0) is 10.1 Å². The van der Waals surface area contributed by atoms with Gasteiger partial charge in [0.05, 0.1) is 36.5 Å². The van der Waals surface area contributed by atoms with Crippen LogP contribution in [0.25, 0.3) is 0 Å². The summed E-state index contributed by atoms with van der Waals surface area (Å²) in [6.45, 7) is 0. The minimum absolute atomic E-state index is 0.387. The number of carboxylic acids is 2. The van der Waals surface area contributed by atoms with Gasteiger partial charge in [-0.25, -0.2) is 9.59 Å². The van der Waals surface area contributed by atoms with Crippen LogP contribution in [-0.4, -0.2) is 60.9 Å². The van der Waals surface area contributed by atoms with Crippen molar-refractivity contribution in [3.63, 3.8) is 0 Å². The summed E-state index contributed by atoms with van der Waals surface area (Å²) >= 11 is 0. The van der Waals surface area contributed by atoms with Gasteiger partial charge in [0.2, 0.25) is 0 Å². The van der Waals surface area contributed by atoms with Crippen LogP contribution in [0.4, 0.5) is 0 Å². The van der Waals surface area contributed by atoms with E-state index in [2.05, 4.69) is 0 Å². The first-order valence-corrected chi connectivity index (χ1v) is 9.38. The number of benzene rings is 2. The molecule has 2 aromatic rings. The molecule has 3 N–H and O–H groups in total. The molecule has 11 nitrogen and oxygen atoms in total. The molecule has 0 heterocycles. The van der Waals surface area contributed by atoms with Crippen LogP contribution >= 0.6 is 0 Å². The van der Waals surface area contributed by atoms with Gasteiger partial charge in [-0.1, -0.05) is 0 Å². The number of ketones is 2. The van der Waals surface area contributed by atoms with E-state index in [9.17, 15) is 42.4 Å². The van der Waals surface area contributed by atoms with Crippen molar-refractivity contribution in [3.05, 3.63) is 51.6 Å². The Kier molecular flexibility index (Phi) is 4.84. The summed E-state index contributed by atoms with van der Waals surface area (Å²) in [6.07, 6.45) is 0. The number of aromatic carboxylic acids is 2. The van der Waals surface area contributed by atoms with Crippen LogP contribution in [0.15, 0.2) is 23.1 Å². The lowest BCUT2D eigenvalue weighted by Gasteiger charge is -2.23. The second kappa shape index (κ2) is 6.93. The molecule has 0 spiro atoms. The molecule has 0 bridgehead atoms. The van der Waals surface area contributed by atoms with Crippen LogP contribution in [0.5, 0.6) is 11.5 Å². The Bertz CT molecular complexity index is 1270. The zero-order valence-electron chi connectivity index (χ0n) is 15.2. The van der Waals surface area contributed by atoms with Gasteiger partial charge in [0.25, 0.3) is 10.1 Å². The van der Waals surface area contributed by atoms with E-state index in [1.807, 2.05) is 0 Å². The van der Waals surface area contributed by atoms with E-state index in [4.69, 9.17) is 9.47 Å². The Balaban J connectivity index is 2.48. The number of hydrogen-bond donors (Lipinski definition) is 3. The monoisotopic (exact) mass is 436 g/mol. The number of ether oxygens (including phenoxy) is 2. The van der Waals surface area contributed by atoms with E-state index < -0.39 is 77.6 Å². The summed E-state index contributed by atoms with van der Waals surface area (Å²) in [4.78, 5) is 48.2. The van der Waals surface area contributed by atoms with Gasteiger partial charge in [-0.2, -0.15) is 8.42 Å². The molecule has 1 aliphatic rings. The maximum Gasteiger partial charge on any atom is 0.336 e. The lowest BCUT2D eigenvalue weighted by Crippen LogP contribution is -2.25. The highest BCUT2D eigenvalue weighted by molar-refractivity contribution is 7.86. The number of methoxy groups -OCH3 is 2. The molecule has 30 heavy (non-hydrogen) atoms. The highest BCUT2D eigenvalue weighted by atomic mass is 32.2. The molecule has 0 unspecified atom stereocenters. The zero-order chi connectivity index (χ0) is 22.5. The van der Waals surface area contributed by atoms with Gasteiger partial charge in [0.1, 0.15) is 10.6 Å². The van der Waals surface area contributed by atoms with Crippen LogP contribution in [0, 0.1) is 0 Å². The predicted octanol–water partition coefficient (Wildman–Crippen LogP) is 1.12. The number of carboxylic acid groups (broad SMARTS) is 2. The highest BCUT2D eigenvalue weighted by Gasteiger charge is 2.40. The van der Waals surface area contributed by atoms with Gasteiger partial charge in [-0.05, 0) is 12.1 Å². The molecular formula is C18H12O11S. The number of rotatable bonds is 5. The third-order valence-corrected chi connectivity index (χ3v) is 5.33. The van der Waals surface area contributed by atoms with Gasteiger partial charge in [0.15, 0.2) is 17.3 Å². The van der Waals surface area contributed by atoms with Crippen LogP contribution in [0.2, 0.25) is 0 Å². The van der Waals surface area contributed by atoms with Crippen molar-refractivity contribution in [2.24, 2.45) is 0 Å². The van der Waals surface area contributed by atoms with Crippen LogP contribution in [0.1, 0.15) is 52.6 Å². The molecule has 0 fully saturated rings. The number of fused-ring (bicyclic) bond motifs is 2. The fraction of sp³-hybridized carbons (Fsp3) is 0.111. The molecule has 2 aromatic carbocycles. The first-order chi connectivity index (χ1) is 13.9. The first kappa shape index (κ1) is 21.0. The number of carbonyl (C=O) groups is 4. The van der Waals surface area contributed by atoms with Crippen molar-refractivity contribution in [2.75, 3.05) is 14.2 Å². The Morgan fingerprint density at radius 2 is 1.30 bits per heavy atom. The summed E-state index contributed by atoms with van der Waals surface area (Å²) in [7, 11) is -2.83. The molecule has 0 saturated carbocycles. The van der Waals surface area contributed by atoms with E-state index in [1.165, 1.54) is 0 Å². The van der Waals surface area contributed by atoms with Crippen LogP contribution in [0.3, 0.4) is 0 Å². The van der Waals surface area contributed by atoms with Gasteiger partial charge in [-0.15, -0.1) is 0 Å². The second-order valence-corrected chi connectivity index (χ2v) is 7.44. The Morgan fingerprint density at radius 3 is 1.67 bits per heavy atom. The molecule has 0 aliphatic heterocycles. The molecule has 0 amide bonds. The number of carbonyl (C=O) groups excluding carboxylic acids is 2. The fourth-order valence-electron chi connectivity index (χ4n) is 3.21. The van der Waals surface area contributed by atoms with Crippen molar-refractivity contribution < 1.29 is 51.8 Å². The molecule has 0 aromatic heterocycles. The minimum atomic E-state index is -4.91. The maximum atomic E-state index is 13.1. The van der Waals surface area contributed by atoms with Gasteiger partial charge in [0, 0.05) is 17.2 Å². The van der Waals surface area contributed by atoms with E-state index in [0.717, 1.165) is 32.4 Å². The average molecular weight is 436 g/mol. The predicted molar refractivity (Wildman–Crippen MR) is 96.6 cm³/mol. The van der Waals surface area contributed by atoms with Gasteiger partial charge >= 0.3 is 11.9 Å². The molecular weight excluding hydrogens is 424 g/mol. The zero-order valence-corrected chi connectivity index (χ0v) is 16.1. The van der Waals surface area contributed by atoms with Crippen molar-refractivity contribution in [1.29, 1.82) is 0 Å². The fourth-order valence-corrected chi connectivity index (χ4v) is 3.89.